The minimum Gasteiger partial charge on any atom is -0.481 e. The highest BCUT2D eigenvalue weighted by molar-refractivity contribution is 5.85. The van der Waals surface area contributed by atoms with Crippen LogP contribution in [0.1, 0.15) is 76.1 Å². The molecule has 3 heterocycles. The SMILES string of the molecule is CC(C)(C)OC(=O)N1CCC(CCc2noc3c(COC4CCCCO4)c(CC(=O)O)ccc23)CC1. The molecule has 2 aliphatic heterocycles. The highest BCUT2D eigenvalue weighted by atomic mass is 16.7. The number of likely N-dealkylation sites (tertiary alicyclic amines) is 1. The van der Waals surface area contributed by atoms with Gasteiger partial charge < -0.3 is 28.7 Å². The molecule has 2 aliphatic rings. The van der Waals surface area contributed by atoms with Crippen molar-refractivity contribution in [3.8, 4) is 0 Å². The van der Waals surface area contributed by atoms with E-state index in [2.05, 4.69) is 5.16 Å². The molecule has 1 aromatic carbocycles. The summed E-state index contributed by atoms with van der Waals surface area (Å²) in [6, 6.07) is 3.75. The number of carboxylic acid groups (broad SMARTS) is 1. The minimum atomic E-state index is -0.901. The van der Waals surface area contributed by atoms with Gasteiger partial charge in [0.2, 0.25) is 0 Å². The molecule has 0 aliphatic carbocycles. The van der Waals surface area contributed by atoms with E-state index in [1.807, 2.05) is 32.9 Å². The molecule has 1 atom stereocenters. The standard InChI is InChI=1S/C27H38N2O7/c1-27(2,3)35-26(32)29-13-11-18(12-14-29)7-10-22-20-9-8-19(16-23(30)31)21(25(20)36-28-22)17-34-24-6-4-5-15-33-24/h8-9,18,24H,4-7,10-17H2,1-3H3,(H,30,31). The van der Waals surface area contributed by atoms with E-state index in [4.69, 9.17) is 18.7 Å². The number of aromatic nitrogens is 1. The Morgan fingerprint density at radius 3 is 2.61 bits per heavy atom. The third kappa shape index (κ3) is 6.97. The number of nitrogens with zero attached hydrogens (tertiary/aromatic N) is 2. The Morgan fingerprint density at radius 2 is 1.94 bits per heavy atom. The smallest absolute Gasteiger partial charge is 0.410 e. The minimum absolute atomic E-state index is 0.105. The molecule has 2 saturated heterocycles. The highest BCUT2D eigenvalue weighted by Gasteiger charge is 2.27. The molecular formula is C27H38N2O7. The molecule has 0 spiro atoms. The van der Waals surface area contributed by atoms with Crippen LogP contribution >= 0.6 is 0 Å². The van der Waals surface area contributed by atoms with Crippen LogP contribution in [0.2, 0.25) is 0 Å². The molecular weight excluding hydrogens is 464 g/mol. The first kappa shape index (κ1) is 26.4. The molecule has 1 N–H and O–H groups in total. The molecule has 4 rings (SSSR count). The van der Waals surface area contributed by atoms with Crippen molar-refractivity contribution in [3.63, 3.8) is 0 Å². The van der Waals surface area contributed by atoms with Gasteiger partial charge in [-0.1, -0.05) is 11.2 Å². The topological polar surface area (TPSA) is 111 Å². The van der Waals surface area contributed by atoms with Crippen LogP contribution in [0.15, 0.2) is 16.7 Å². The second kappa shape index (κ2) is 11.6. The number of fused-ring (bicyclic) bond motifs is 1. The second-order valence-corrected chi connectivity index (χ2v) is 10.8. The van der Waals surface area contributed by atoms with Crippen LogP contribution in [0.25, 0.3) is 11.0 Å². The maximum atomic E-state index is 12.3. The lowest BCUT2D eigenvalue weighted by Gasteiger charge is -2.33. The molecule has 2 fully saturated rings. The van der Waals surface area contributed by atoms with Gasteiger partial charge in [-0.05, 0) is 83.3 Å². The molecule has 0 radical (unpaired) electrons. The van der Waals surface area contributed by atoms with Crippen molar-refractivity contribution in [3.05, 3.63) is 29.0 Å². The fourth-order valence-electron chi connectivity index (χ4n) is 4.91. The lowest BCUT2D eigenvalue weighted by molar-refractivity contribution is -0.168. The summed E-state index contributed by atoms with van der Waals surface area (Å²) in [7, 11) is 0. The molecule has 198 valence electrons. The van der Waals surface area contributed by atoms with Crippen LogP contribution in [-0.2, 0) is 38.5 Å². The molecule has 0 bridgehead atoms. The van der Waals surface area contributed by atoms with E-state index < -0.39 is 11.6 Å². The second-order valence-electron chi connectivity index (χ2n) is 10.8. The number of hydrogen-bond acceptors (Lipinski definition) is 7. The molecule has 36 heavy (non-hydrogen) atoms. The summed E-state index contributed by atoms with van der Waals surface area (Å²) in [5, 5.41) is 14.6. The Balaban J connectivity index is 1.39. The lowest BCUT2D eigenvalue weighted by atomic mass is 9.91. The summed E-state index contributed by atoms with van der Waals surface area (Å²) in [4.78, 5) is 25.5. The van der Waals surface area contributed by atoms with Crippen LogP contribution in [0.4, 0.5) is 4.79 Å². The first-order valence-electron chi connectivity index (χ1n) is 13.0. The fourth-order valence-corrected chi connectivity index (χ4v) is 4.91. The van der Waals surface area contributed by atoms with Crippen molar-refractivity contribution >= 4 is 23.0 Å². The Labute approximate surface area is 212 Å². The summed E-state index contributed by atoms with van der Waals surface area (Å²) in [5.74, 6) is -0.407. The van der Waals surface area contributed by atoms with Crippen molar-refractivity contribution < 1.29 is 33.4 Å². The molecule has 1 aromatic heterocycles. The third-order valence-corrected chi connectivity index (χ3v) is 6.86. The van der Waals surface area contributed by atoms with Crippen LogP contribution < -0.4 is 0 Å². The summed E-state index contributed by atoms with van der Waals surface area (Å²) in [6.07, 6.45) is 5.86. The predicted molar refractivity (Wildman–Crippen MR) is 133 cm³/mol. The monoisotopic (exact) mass is 502 g/mol. The maximum absolute atomic E-state index is 12.3. The molecule has 1 amide bonds. The normalized spacial score (nSPS) is 19.5. The number of piperidine rings is 1. The summed E-state index contributed by atoms with van der Waals surface area (Å²) in [6.45, 7) is 7.94. The lowest BCUT2D eigenvalue weighted by Crippen LogP contribution is -2.41. The average Bonchev–Trinajstić information content (AvgIpc) is 3.24. The first-order valence-corrected chi connectivity index (χ1v) is 13.0. The fraction of sp³-hybridized carbons (Fsp3) is 0.667. The molecule has 2 aromatic rings. The van der Waals surface area contributed by atoms with Crippen molar-refractivity contribution in [1.29, 1.82) is 0 Å². The first-order chi connectivity index (χ1) is 17.2. The summed E-state index contributed by atoms with van der Waals surface area (Å²) >= 11 is 0. The van der Waals surface area contributed by atoms with Crippen LogP contribution in [0.5, 0.6) is 0 Å². The van der Waals surface area contributed by atoms with Gasteiger partial charge in [0.25, 0.3) is 0 Å². The van der Waals surface area contributed by atoms with E-state index in [1.54, 1.807) is 4.90 Å². The Kier molecular flexibility index (Phi) is 8.51. The van der Waals surface area contributed by atoms with E-state index in [-0.39, 0.29) is 25.4 Å². The highest BCUT2D eigenvalue weighted by Crippen LogP contribution is 2.30. The molecule has 0 saturated carbocycles. The number of aryl methyl sites for hydroxylation is 1. The predicted octanol–water partition coefficient (Wildman–Crippen LogP) is 5.08. The van der Waals surface area contributed by atoms with Gasteiger partial charge in [0.05, 0.1) is 18.7 Å². The van der Waals surface area contributed by atoms with Crippen molar-refractivity contribution in [1.82, 2.24) is 10.1 Å². The quantitative estimate of drug-likeness (QED) is 0.532. The zero-order chi connectivity index (χ0) is 25.7. The van der Waals surface area contributed by atoms with E-state index in [0.29, 0.717) is 36.8 Å². The largest absolute Gasteiger partial charge is 0.481 e. The summed E-state index contributed by atoms with van der Waals surface area (Å²) < 4.78 is 22.9. The Hall–Kier alpha value is -2.65. The van der Waals surface area contributed by atoms with E-state index >= 15 is 0 Å². The number of aliphatic carboxylic acids is 1. The zero-order valence-electron chi connectivity index (χ0n) is 21.6. The van der Waals surface area contributed by atoms with Gasteiger partial charge in [-0.15, -0.1) is 0 Å². The number of ether oxygens (including phenoxy) is 3. The number of benzene rings is 1. The molecule has 9 heteroatoms. The van der Waals surface area contributed by atoms with Crippen LogP contribution in [0, 0.1) is 5.92 Å². The number of carbonyl (C=O) groups excluding carboxylic acids is 1. The van der Waals surface area contributed by atoms with E-state index in [9.17, 15) is 14.7 Å². The number of rotatable bonds is 8. The maximum Gasteiger partial charge on any atom is 0.410 e. The number of hydrogen-bond donors (Lipinski definition) is 1. The van der Waals surface area contributed by atoms with Gasteiger partial charge in [0, 0.05) is 30.6 Å². The zero-order valence-corrected chi connectivity index (χ0v) is 21.6. The van der Waals surface area contributed by atoms with Crippen molar-refractivity contribution in [2.75, 3.05) is 19.7 Å². The number of carbonyl (C=O) groups is 2. The van der Waals surface area contributed by atoms with Gasteiger partial charge in [-0.2, -0.15) is 0 Å². The van der Waals surface area contributed by atoms with E-state index in [0.717, 1.165) is 61.6 Å². The summed E-state index contributed by atoms with van der Waals surface area (Å²) in [5.41, 5.74) is 2.38. The van der Waals surface area contributed by atoms with Crippen LogP contribution in [0.3, 0.4) is 0 Å². The molecule has 9 nitrogen and oxygen atoms in total. The van der Waals surface area contributed by atoms with Gasteiger partial charge in [0.15, 0.2) is 11.9 Å². The third-order valence-electron chi connectivity index (χ3n) is 6.86. The number of amides is 1. The Bertz CT molecular complexity index is 1040. The van der Waals surface area contributed by atoms with E-state index in [1.165, 1.54) is 0 Å². The molecule has 1 unspecified atom stereocenters. The van der Waals surface area contributed by atoms with Crippen LogP contribution in [-0.4, -0.2) is 58.8 Å². The Morgan fingerprint density at radius 1 is 1.17 bits per heavy atom. The van der Waals surface area contributed by atoms with Gasteiger partial charge in [-0.25, -0.2) is 4.79 Å². The van der Waals surface area contributed by atoms with Gasteiger partial charge in [-0.3, -0.25) is 4.79 Å². The van der Waals surface area contributed by atoms with Crippen molar-refractivity contribution in [2.45, 2.75) is 90.6 Å². The van der Waals surface area contributed by atoms with Gasteiger partial charge >= 0.3 is 12.1 Å². The number of carboxylic acids is 1. The van der Waals surface area contributed by atoms with Crippen molar-refractivity contribution in [2.24, 2.45) is 5.92 Å². The average molecular weight is 503 g/mol. The van der Waals surface area contributed by atoms with Gasteiger partial charge in [0.1, 0.15) is 5.60 Å².